The normalized spacial score (nSPS) is 18.7. The van der Waals surface area contributed by atoms with E-state index in [1.54, 1.807) is 12.1 Å². The summed E-state index contributed by atoms with van der Waals surface area (Å²) >= 11 is 0. The minimum Gasteiger partial charge on any atom is -0.484 e. The van der Waals surface area contributed by atoms with Crippen molar-refractivity contribution in [2.45, 2.75) is 58.2 Å². The van der Waals surface area contributed by atoms with Crippen LogP contribution in [0.25, 0.3) is 11.0 Å². The molecule has 0 radical (unpaired) electrons. The van der Waals surface area contributed by atoms with Crippen LogP contribution in [0.15, 0.2) is 88.1 Å². The largest absolute Gasteiger partial charge is 0.484 e. The highest BCUT2D eigenvalue weighted by atomic mass is 16.6. The van der Waals surface area contributed by atoms with E-state index in [9.17, 15) is 4.79 Å². The molecule has 0 saturated carbocycles. The van der Waals surface area contributed by atoms with Gasteiger partial charge in [-0.25, -0.2) is 0 Å². The molecule has 1 aliphatic heterocycles. The van der Waals surface area contributed by atoms with Crippen LogP contribution in [0.1, 0.15) is 49.3 Å². The van der Waals surface area contributed by atoms with Crippen molar-refractivity contribution in [3.05, 3.63) is 112 Å². The summed E-state index contributed by atoms with van der Waals surface area (Å²) in [7, 11) is 0. The number of ether oxygens (including phenoxy) is 3. The average Bonchev–Trinajstić information content (AvgIpc) is 2.86. The van der Waals surface area contributed by atoms with Crippen molar-refractivity contribution in [1.29, 1.82) is 0 Å². The van der Waals surface area contributed by atoms with E-state index >= 15 is 0 Å². The standard InChI is InChI=1S/C30H30O5/c1-4-22-17-24(31)23-15-16-25-26(27(23)34-22)28(32-18-20-11-7-5-8-12-20)29(30(2,3)35-25)33-19-21-13-9-6-10-14-21/h5-17,28-29H,4,18-19H2,1-3H3/t28-,29-/m1/s1. The fraction of sp³-hybridized carbons (Fsp3) is 0.300. The molecule has 0 N–H and O–H groups in total. The lowest BCUT2D eigenvalue weighted by molar-refractivity contribution is -0.170. The highest BCUT2D eigenvalue weighted by molar-refractivity contribution is 5.83. The van der Waals surface area contributed by atoms with Gasteiger partial charge in [0.05, 0.1) is 24.2 Å². The Kier molecular flexibility index (Phi) is 6.46. The van der Waals surface area contributed by atoms with E-state index in [2.05, 4.69) is 0 Å². The molecule has 4 aromatic rings. The van der Waals surface area contributed by atoms with Crippen molar-refractivity contribution < 1.29 is 18.6 Å². The fourth-order valence-electron chi connectivity index (χ4n) is 4.64. The molecule has 1 aromatic heterocycles. The van der Waals surface area contributed by atoms with E-state index < -0.39 is 17.8 Å². The molecule has 35 heavy (non-hydrogen) atoms. The number of hydrogen-bond acceptors (Lipinski definition) is 5. The minimum absolute atomic E-state index is 0.0701. The maximum Gasteiger partial charge on any atom is 0.192 e. The van der Waals surface area contributed by atoms with Crippen LogP contribution in [-0.4, -0.2) is 11.7 Å². The Morgan fingerprint density at radius 3 is 2.11 bits per heavy atom. The van der Waals surface area contributed by atoms with E-state index in [4.69, 9.17) is 18.6 Å². The molecule has 180 valence electrons. The van der Waals surface area contributed by atoms with Gasteiger partial charge in [-0.2, -0.15) is 0 Å². The third kappa shape index (κ3) is 4.75. The maximum absolute atomic E-state index is 12.9. The number of hydrogen-bond donors (Lipinski definition) is 0. The zero-order valence-corrected chi connectivity index (χ0v) is 20.3. The molecule has 0 saturated heterocycles. The van der Waals surface area contributed by atoms with Gasteiger partial charge >= 0.3 is 0 Å². The van der Waals surface area contributed by atoms with Gasteiger partial charge in [0, 0.05) is 12.5 Å². The van der Waals surface area contributed by atoms with Gasteiger partial charge in [0.1, 0.15) is 34.9 Å². The molecule has 2 heterocycles. The van der Waals surface area contributed by atoms with Crippen LogP contribution < -0.4 is 10.2 Å². The highest BCUT2D eigenvalue weighted by Crippen LogP contribution is 2.46. The van der Waals surface area contributed by atoms with Gasteiger partial charge in [-0.3, -0.25) is 4.79 Å². The Bertz CT molecular complexity index is 1360. The van der Waals surface area contributed by atoms with Crippen LogP contribution in [0, 0.1) is 0 Å². The lowest BCUT2D eigenvalue weighted by atomic mass is 9.87. The van der Waals surface area contributed by atoms with E-state index in [-0.39, 0.29) is 5.43 Å². The lowest BCUT2D eigenvalue weighted by Crippen LogP contribution is -2.51. The zero-order chi connectivity index (χ0) is 24.4. The Labute approximate surface area is 205 Å². The summed E-state index contributed by atoms with van der Waals surface area (Å²) in [6.07, 6.45) is -0.332. The Balaban J connectivity index is 1.61. The van der Waals surface area contributed by atoms with E-state index in [0.717, 1.165) is 16.7 Å². The molecular formula is C30H30O5. The van der Waals surface area contributed by atoms with E-state index in [1.165, 1.54) is 0 Å². The molecule has 0 fully saturated rings. The fourth-order valence-corrected chi connectivity index (χ4v) is 4.64. The summed E-state index contributed by atoms with van der Waals surface area (Å²) in [5.41, 5.74) is 2.60. The molecule has 0 aliphatic carbocycles. The van der Waals surface area contributed by atoms with Crippen LogP contribution in [0.2, 0.25) is 0 Å². The summed E-state index contributed by atoms with van der Waals surface area (Å²) in [6.45, 7) is 6.78. The first-order valence-electron chi connectivity index (χ1n) is 12.1. The Morgan fingerprint density at radius 1 is 0.857 bits per heavy atom. The summed E-state index contributed by atoms with van der Waals surface area (Å²) in [5.74, 6) is 1.28. The maximum atomic E-state index is 12.9. The van der Waals surface area contributed by atoms with Crippen molar-refractivity contribution in [3.8, 4) is 5.75 Å². The predicted octanol–water partition coefficient (Wildman–Crippen LogP) is 6.37. The van der Waals surface area contributed by atoms with E-state index in [0.29, 0.717) is 42.1 Å². The second-order valence-corrected chi connectivity index (χ2v) is 9.42. The molecule has 1 aliphatic rings. The van der Waals surface area contributed by atoms with Gasteiger partial charge in [0.2, 0.25) is 0 Å². The molecule has 0 bridgehead atoms. The SMILES string of the molecule is CCc1cc(=O)c2ccc3c(c2o1)[C@@H](OCc1ccccc1)[C@@H](OCc1ccccc1)C(C)(C)O3. The Hall–Kier alpha value is -3.41. The first kappa shape index (κ1) is 23.3. The summed E-state index contributed by atoms with van der Waals surface area (Å²) < 4.78 is 25.8. The summed E-state index contributed by atoms with van der Waals surface area (Å²) in [5, 5.41) is 0.513. The number of fused-ring (bicyclic) bond motifs is 3. The zero-order valence-electron chi connectivity index (χ0n) is 20.3. The molecule has 0 spiro atoms. The van der Waals surface area contributed by atoms with Crippen LogP contribution in [0.4, 0.5) is 0 Å². The van der Waals surface area contributed by atoms with Gasteiger partial charge < -0.3 is 18.6 Å². The van der Waals surface area contributed by atoms with Crippen molar-refractivity contribution >= 4 is 11.0 Å². The van der Waals surface area contributed by atoms with Gasteiger partial charge in [0.25, 0.3) is 0 Å². The molecule has 5 rings (SSSR count). The monoisotopic (exact) mass is 470 g/mol. The summed E-state index contributed by atoms with van der Waals surface area (Å²) in [4.78, 5) is 12.9. The van der Waals surface area contributed by atoms with Gasteiger partial charge in [-0.1, -0.05) is 67.6 Å². The third-order valence-corrected chi connectivity index (χ3v) is 6.46. The second kappa shape index (κ2) is 9.68. The third-order valence-electron chi connectivity index (χ3n) is 6.46. The predicted molar refractivity (Wildman–Crippen MR) is 136 cm³/mol. The molecule has 5 heteroatoms. The lowest BCUT2D eigenvalue weighted by Gasteiger charge is -2.44. The van der Waals surface area contributed by atoms with E-state index in [1.807, 2.05) is 87.5 Å². The van der Waals surface area contributed by atoms with Gasteiger partial charge in [-0.15, -0.1) is 0 Å². The van der Waals surface area contributed by atoms with Crippen LogP contribution in [0.3, 0.4) is 0 Å². The average molecular weight is 471 g/mol. The highest BCUT2D eigenvalue weighted by Gasteiger charge is 2.47. The van der Waals surface area contributed by atoms with Gasteiger partial charge in [0.15, 0.2) is 5.43 Å². The quantitative estimate of drug-likeness (QED) is 0.314. The number of benzene rings is 3. The molecule has 5 nitrogen and oxygen atoms in total. The van der Waals surface area contributed by atoms with Crippen LogP contribution >= 0.6 is 0 Å². The molecule has 2 atom stereocenters. The van der Waals surface area contributed by atoms with Crippen LogP contribution in [-0.2, 0) is 29.1 Å². The Morgan fingerprint density at radius 2 is 1.49 bits per heavy atom. The van der Waals surface area contributed by atoms with Gasteiger partial charge in [-0.05, 0) is 37.1 Å². The molecule has 0 unspecified atom stereocenters. The van der Waals surface area contributed by atoms with Crippen molar-refractivity contribution in [2.75, 3.05) is 0 Å². The van der Waals surface area contributed by atoms with Crippen molar-refractivity contribution in [1.82, 2.24) is 0 Å². The topological polar surface area (TPSA) is 57.9 Å². The molecule has 3 aromatic carbocycles. The first-order chi connectivity index (χ1) is 17.0. The summed E-state index contributed by atoms with van der Waals surface area (Å²) in [6, 6.07) is 25.2. The number of rotatable bonds is 7. The molecule has 0 amide bonds. The van der Waals surface area contributed by atoms with Crippen LogP contribution in [0.5, 0.6) is 5.75 Å². The minimum atomic E-state index is -0.681. The smallest absolute Gasteiger partial charge is 0.192 e. The second-order valence-electron chi connectivity index (χ2n) is 9.42. The first-order valence-corrected chi connectivity index (χ1v) is 12.1. The molecular weight excluding hydrogens is 440 g/mol. The number of aryl methyl sites for hydroxylation is 1. The van der Waals surface area contributed by atoms with Crippen molar-refractivity contribution in [2.24, 2.45) is 0 Å². The van der Waals surface area contributed by atoms with Crippen molar-refractivity contribution in [3.63, 3.8) is 0 Å².